The molecule has 4 atom stereocenters. The summed E-state index contributed by atoms with van der Waals surface area (Å²) in [6.45, 7) is 8.68. The van der Waals surface area contributed by atoms with E-state index in [0.717, 1.165) is 25.7 Å². The Bertz CT molecular complexity index is 1000. The van der Waals surface area contributed by atoms with Gasteiger partial charge in [0.2, 0.25) is 11.8 Å². The first kappa shape index (κ1) is 34.4. The minimum Gasteiger partial charge on any atom is -0.443 e. The van der Waals surface area contributed by atoms with E-state index < -0.39 is 60.1 Å². The van der Waals surface area contributed by atoms with E-state index >= 15 is 0 Å². The quantitative estimate of drug-likeness (QED) is 0.295. The van der Waals surface area contributed by atoms with Gasteiger partial charge in [0.25, 0.3) is 5.91 Å². The number of nitrogens with two attached hydrogens (primary N) is 2. The number of nitrogens with zero attached hydrogens (tertiary/aromatic N) is 1. The standard InChI is InChI=1S/C31H50N4O6/c1-20(2)16-24(33)28(38)34-25(18-22-14-10-7-11-15-22)29(39)35(30(40)41-31(3,4)5)27(37)19-26(36)23(32)17-21-12-8-6-9-13-21/h7,10-11,14-15,20-21,23-26,36H,6,8-9,12-13,16-19,32-33H2,1-5H3,(H,34,38)/t23-,24-,25-,26-/m0/s1. The summed E-state index contributed by atoms with van der Waals surface area (Å²) < 4.78 is 5.41. The van der Waals surface area contributed by atoms with Crippen LogP contribution >= 0.6 is 0 Å². The van der Waals surface area contributed by atoms with Crippen LogP contribution in [0.2, 0.25) is 0 Å². The van der Waals surface area contributed by atoms with Gasteiger partial charge >= 0.3 is 6.09 Å². The van der Waals surface area contributed by atoms with Crippen LogP contribution in [0.5, 0.6) is 0 Å². The van der Waals surface area contributed by atoms with Crippen LogP contribution in [-0.2, 0) is 25.5 Å². The van der Waals surface area contributed by atoms with Crippen LogP contribution in [-0.4, -0.2) is 63.7 Å². The fourth-order valence-corrected chi connectivity index (χ4v) is 5.11. The molecule has 0 saturated heterocycles. The molecule has 0 aromatic heterocycles. The highest BCUT2D eigenvalue weighted by molar-refractivity contribution is 6.11. The van der Waals surface area contributed by atoms with E-state index in [1.165, 1.54) is 6.42 Å². The molecule has 0 unspecified atom stereocenters. The summed E-state index contributed by atoms with van der Waals surface area (Å²) in [4.78, 5) is 54.0. The Morgan fingerprint density at radius 2 is 1.66 bits per heavy atom. The third-order valence-corrected chi connectivity index (χ3v) is 7.21. The van der Waals surface area contributed by atoms with E-state index in [1.807, 2.05) is 19.9 Å². The summed E-state index contributed by atoms with van der Waals surface area (Å²) in [6, 6.07) is 6.06. The molecule has 0 spiro atoms. The normalized spacial score (nSPS) is 17.3. The van der Waals surface area contributed by atoms with E-state index in [9.17, 15) is 24.3 Å². The number of amides is 4. The maximum absolute atomic E-state index is 13.9. The molecule has 1 aliphatic rings. The zero-order valence-corrected chi connectivity index (χ0v) is 25.3. The van der Waals surface area contributed by atoms with Crippen molar-refractivity contribution in [3.05, 3.63) is 35.9 Å². The van der Waals surface area contributed by atoms with Crippen LogP contribution in [0.25, 0.3) is 0 Å². The highest BCUT2D eigenvalue weighted by Gasteiger charge is 2.39. The Hall–Kier alpha value is -2.82. The van der Waals surface area contributed by atoms with Crippen molar-refractivity contribution in [3.8, 4) is 0 Å². The predicted octanol–water partition coefficient (Wildman–Crippen LogP) is 3.43. The largest absolute Gasteiger partial charge is 0.443 e. The molecule has 10 nitrogen and oxygen atoms in total. The van der Waals surface area contributed by atoms with Crippen molar-refractivity contribution in [1.82, 2.24) is 10.2 Å². The van der Waals surface area contributed by atoms with Crippen LogP contribution in [0.15, 0.2) is 30.3 Å². The Balaban J connectivity index is 2.31. The van der Waals surface area contributed by atoms with Crippen molar-refractivity contribution in [1.29, 1.82) is 0 Å². The van der Waals surface area contributed by atoms with Crippen molar-refractivity contribution in [2.24, 2.45) is 23.3 Å². The summed E-state index contributed by atoms with van der Waals surface area (Å²) in [5.41, 5.74) is 12.0. The fourth-order valence-electron chi connectivity index (χ4n) is 5.11. The predicted molar refractivity (Wildman–Crippen MR) is 157 cm³/mol. The molecule has 1 aromatic rings. The number of carbonyl (C=O) groups excluding carboxylic acids is 4. The lowest BCUT2D eigenvalue weighted by molar-refractivity contribution is -0.147. The van der Waals surface area contributed by atoms with Crippen molar-refractivity contribution in [2.75, 3.05) is 0 Å². The number of hydrogen-bond donors (Lipinski definition) is 4. The van der Waals surface area contributed by atoms with Gasteiger partial charge in [-0.25, -0.2) is 4.79 Å². The summed E-state index contributed by atoms with van der Waals surface area (Å²) in [5, 5.41) is 13.5. The van der Waals surface area contributed by atoms with E-state index in [2.05, 4.69) is 5.32 Å². The SMILES string of the molecule is CC(C)C[C@H](N)C(=O)N[C@@H](Cc1ccccc1)C(=O)N(C(=O)C[C@H](O)[C@@H](N)CC1CCCCC1)C(=O)OC(C)(C)C. The van der Waals surface area contributed by atoms with E-state index in [1.54, 1.807) is 45.0 Å². The molecule has 0 aliphatic heterocycles. The zero-order valence-electron chi connectivity index (χ0n) is 25.3. The molecule has 1 saturated carbocycles. The Labute approximate surface area is 244 Å². The first-order chi connectivity index (χ1) is 19.2. The Morgan fingerprint density at radius 3 is 2.22 bits per heavy atom. The third-order valence-electron chi connectivity index (χ3n) is 7.21. The minimum atomic E-state index is -1.28. The smallest absolute Gasteiger partial charge is 0.424 e. The number of rotatable bonds is 12. The van der Waals surface area contributed by atoms with Crippen LogP contribution in [0.3, 0.4) is 0 Å². The van der Waals surface area contributed by atoms with E-state index in [0.29, 0.717) is 29.2 Å². The van der Waals surface area contributed by atoms with E-state index in [-0.39, 0.29) is 12.3 Å². The molecule has 0 bridgehead atoms. The van der Waals surface area contributed by atoms with Gasteiger partial charge in [0.15, 0.2) is 0 Å². The second kappa shape index (κ2) is 16.0. The first-order valence-electron chi connectivity index (χ1n) is 14.8. The number of hydrogen-bond acceptors (Lipinski definition) is 8. The number of aliphatic hydroxyl groups is 1. The molecule has 41 heavy (non-hydrogen) atoms. The van der Waals surface area contributed by atoms with Crippen molar-refractivity contribution in [3.63, 3.8) is 0 Å². The summed E-state index contributed by atoms with van der Waals surface area (Å²) in [7, 11) is 0. The van der Waals surface area contributed by atoms with Gasteiger partial charge in [-0.05, 0) is 51.0 Å². The molecule has 6 N–H and O–H groups in total. The number of nitrogens with one attached hydrogen (secondary N) is 1. The molecular formula is C31H50N4O6. The lowest BCUT2D eigenvalue weighted by atomic mass is 9.83. The summed E-state index contributed by atoms with van der Waals surface area (Å²) in [6.07, 6.45) is 3.42. The average molecular weight is 575 g/mol. The van der Waals surface area contributed by atoms with Gasteiger partial charge < -0.3 is 26.6 Å². The molecule has 230 valence electrons. The molecule has 0 heterocycles. The highest BCUT2D eigenvalue weighted by Crippen LogP contribution is 2.28. The second-order valence-electron chi connectivity index (χ2n) is 12.7. The van der Waals surface area contributed by atoms with Crippen LogP contribution in [0, 0.1) is 11.8 Å². The number of ether oxygens (including phenoxy) is 1. The van der Waals surface area contributed by atoms with Gasteiger partial charge in [0.1, 0.15) is 11.6 Å². The summed E-state index contributed by atoms with van der Waals surface area (Å²) >= 11 is 0. The minimum absolute atomic E-state index is 0.0101. The average Bonchev–Trinajstić information content (AvgIpc) is 2.88. The molecule has 10 heteroatoms. The van der Waals surface area contributed by atoms with Crippen molar-refractivity contribution in [2.45, 2.75) is 122 Å². The second-order valence-corrected chi connectivity index (χ2v) is 12.7. The highest BCUT2D eigenvalue weighted by atomic mass is 16.6. The molecule has 0 radical (unpaired) electrons. The maximum Gasteiger partial charge on any atom is 0.424 e. The molecule has 2 rings (SSSR count). The van der Waals surface area contributed by atoms with Gasteiger partial charge in [-0.1, -0.05) is 76.3 Å². The van der Waals surface area contributed by atoms with Crippen LogP contribution in [0.1, 0.15) is 91.5 Å². The molecule has 1 aromatic carbocycles. The third kappa shape index (κ3) is 11.9. The lowest BCUT2D eigenvalue weighted by Gasteiger charge is -2.30. The Kier molecular flexibility index (Phi) is 13.4. The maximum atomic E-state index is 13.9. The van der Waals surface area contributed by atoms with Gasteiger partial charge in [-0.2, -0.15) is 4.90 Å². The number of carbonyl (C=O) groups is 4. The Morgan fingerprint density at radius 1 is 1.05 bits per heavy atom. The number of aliphatic hydroxyl groups excluding tert-OH is 1. The molecule has 1 fully saturated rings. The molecule has 1 aliphatic carbocycles. The number of imide groups is 3. The van der Waals surface area contributed by atoms with Gasteiger partial charge in [0, 0.05) is 12.5 Å². The zero-order chi connectivity index (χ0) is 30.7. The van der Waals surface area contributed by atoms with Crippen LogP contribution < -0.4 is 16.8 Å². The molecular weight excluding hydrogens is 524 g/mol. The lowest BCUT2D eigenvalue weighted by Crippen LogP contribution is -2.57. The van der Waals surface area contributed by atoms with Gasteiger partial charge in [-0.15, -0.1) is 0 Å². The topological polar surface area (TPSA) is 165 Å². The first-order valence-corrected chi connectivity index (χ1v) is 14.8. The monoisotopic (exact) mass is 574 g/mol. The summed E-state index contributed by atoms with van der Waals surface area (Å²) in [5.74, 6) is -1.98. The number of benzene rings is 1. The molecule has 4 amide bonds. The van der Waals surface area contributed by atoms with E-state index in [4.69, 9.17) is 16.2 Å². The van der Waals surface area contributed by atoms with Crippen molar-refractivity contribution < 1.29 is 29.0 Å². The van der Waals surface area contributed by atoms with Gasteiger partial charge in [-0.3, -0.25) is 14.4 Å². The van der Waals surface area contributed by atoms with Gasteiger partial charge in [0.05, 0.1) is 18.6 Å². The van der Waals surface area contributed by atoms with Crippen LogP contribution in [0.4, 0.5) is 4.79 Å². The fraction of sp³-hybridized carbons (Fsp3) is 0.677. The van der Waals surface area contributed by atoms with Crippen molar-refractivity contribution >= 4 is 23.8 Å².